The van der Waals surface area contributed by atoms with Crippen LogP contribution in [0.4, 0.5) is 0 Å². The number of carboxylic acid groups (broad SMARTS) is 1. The van der Waals surface area contributed by atoms with Gasteiger partial charge in [-0.2, -0.15) is 0 Å². The summed E-state index contributed by atoms with van der Waals surface area (Å²) in [6.45, 7) is 1.98. The molecular formula is C12H11NO3. The minimum atomic E-state index is -0.924. The highest BCUT2D eigenvalue weighted by atomic mass is 16.4. The van der Waals surface area contributed by atoms with Gasteiger partial charge in [-0.05, 0) is 19.1 Å². The second kappa shape index (κ2) is 4.18. The Morgan fingerprint density at radius 2 is 2.31 bits per heavy atom. The smallest absolute Gasteiger partial charge is 0.311 e. The molecule has 0 bridgehead atoms. The molecule has 0 fully saturated rings. The van der Waals surface area contributed by atoms with Crippen molar-refractivity contribution in [2.45, 2.75) is 13.3 Å². The Balaban J connectivity index is 2.28. The van der Waals surface area contributed by atoms with E-state index < -0.39 is 5.97 Å². The Labute approximate surface area is 92.6 Å². The van der Waals surface area contributed by atoms with Gasteiger partial charge in [-0.25, -0.2) is 4.98 Å². The van der Waals surface area contributed by atoms with Gasteiger partial charge in [0.25, 0.3) is 0 Å². The number of benzene rings is 1. The van der Waals surface area contributed by atoms with Gasteiger partial charge in [-0.15, -0.1) is 0 Å². The normalized spacial score (nSPS) is 10.3. The van der Waals surface area contributed by atoms with Crippen LogP contribution in [0, 0.1) is 6.92 Å². The fraction of sp³-hybridized carbons (Fsp3) is 0.167. The molecule has 0 amide bonds. The van der Waals surface area contributed by atoms with Crippen molar-refractivity contribution in [3.8, 4) is 11.5 Å². The first-order valence-corrected chi connectivity index (χ1v) is 4.88. The molecular weight excluding hydrogens is 206 g/mol. The third-order valence-electron chi connectivity index (χ3n) is 2.14. The SMILES string of the molecule is Cc1cccc(-c2ncc(CC(=O)O)o2)c1. The van der Waals surface area contributed by atoms with Crippen LogP contribution < -0.4 is 0 Å². The van der Waals surface area contributed by atoms with Gasteiger partial charge >= 0.3 is 5.97 Å². The van der Waals surface area contributed by atoms with Gasteiger partial charge in [-0.1, -0.05) is 17.7 Å². The van der Waals surface area contributed by atoms with Gasteiger partial charge in [0, 0.05) is 5.56 Å². The predicted octanol–water partition coefficient (Wildman–Crippen LogP) is 2.28. The number of aryl methyl sites for hydroxylation is 1. The Bertz CT molecular complexity index is 516. The maximum Gasteiger partial charge on any atom is 0.311 e. The summed E-state index contributed by atoms with van der Waals surface area (Å²) in [4.78, 5) is 14.5. The molecule has 0 saturated heterocycles. The molecule has 2 aromatic rings. The van der Waals surface area contributed by atoms with Crippen LogP contribution in [-0.4, -0.2) is 16.1 Å². The van der Waals surface area contributed by atoms with Crippen LogP contribution >= 0.6 is 0 Å². The summed E-state index contributed by atoms with van der Waals surface area (Å²) < 4.78 is 5.34. The number of hydrogen-bond acceptors (Lipinski definition) is 3. The molecule has 1 aromatic heterocycles. The van der Waals surface area contributed by atoms with E-state index in [1.807, 2.05) is 31.2 Å². The van der Waals surface area contributed by atoms with E-state index in [9.17, 15) is 4.79 Å². The molecule has 0 unspecified atom stereocenters. The van der Waals surface area contributed by atoms with E-state index in [1.54, 1.807) is 0 Å². The van der Waals surface area contributed by atoms with Gasteiger partial charge < -0.3 is 9.52 Å². The minimum absolute atomic E-state index is 0.140. The van der Waals surface area contributed by atoms with E-state index in [-0.39, 0.29) is 6.42 Å². The van der Waals surface area contributed by atoms with Gasteiger partial charge in [0.15, 0.2) is 0 Å². The highest BCUT2D eigenvalue weighted by Gasteiger charge is 2.09. The molecule has 0 saturated carbocycles. The van der Waals surface area contributed by atoms with Crippen LogP contribution in [0.15, 0.2) is 34.9 Å². The lowest BCUT2D eigenvalue weighted by molar-refractivity contribution is -0.136. The van der Waals surface area contributed by atoms with Crippen molar-refractivity contribution in [1.29, 1.82) is 0 Å². The maximum atomic E-state index is 10.5. The summed E-state index contributed by atoms with van der Waals surface area (Å²) in [5.41, 5.74) is 1.96. The molecule has 0 radical (unpaired) electrons. The topological polar surface area (TPSA) is 63.3 Å². The Hall–Kier alpha value is -2.10. The van der Waals surface area contributed by atoms with E-state index in [2.05, 4.69) is 4.98 Å². The highest BCUT2D eigenvalue weighted by Crippen LogP contribution is 2.20. The molecule has 16 heavy (non-hydrogen) atoms. The highest BCUT2D eigenvalue weighted by molar-refractivity contribution is 5.69. The van der Waals surface area contributed by atoms with E-state index in [4.69, 9.17) is 9.52 Å². The number of oxazole rings is 1. The maximum absolute atomic E-state index is 10.5. The zero-order valence-corrected chi connectivity index (χ0v) is 8.80. The summed E-state index contributed by atoms with van der Waals surface area (Å²) in [6, 6.07) is 7.70. The lowest BCUT2D eigenvalue weighted by Gasteiger charge is -1.96. The van der Waals surface area contributed by atoms with Crippen LogP contribution in [0.1, 0.15) is 11.3 Å². The number of nitrogens with zero attached hydrogens (tertiary/aromatic N) is 1. The summed E-state index contributed by atoms with van der Waals surface area (Å²) in [6.07, 6.45) is 1.31. The van der Waals surface area contributed by atoms with Crippen LogP contribution in [0.25, 0.3) is 11.5 Å². The minimum Gasteiger partial charge on any atom is -0.481 e. The molecule has 2 rings (SSSR count). The second-order valence-corrected chi connectivity index (χ2v) is 3.57. The third kappa shape index (κ3) is 2.28. The summed E-state index contributed by atoms with van der Waals surface area (Å²) in [7, 11) is 0. The van der Waals surface area contributed by atoms with Crippen molar-refractivity contribution in [3.05, 3.63) is 41.8 Å². The van der Waals surface area contributed by atoms with Crippen molar-refractivity contribution < 1.29 is 14.3 Å². The van der Waals surface area contributed by atoms with Crippen LogP contribution in [0.3, 0.4) is 0 Å². The quantitative estimate of drug-likeness (QED) is 0.856. The first kappa shape index (κ1) is 10.4. The lowest BCUT2D eigenvalue weighted by atomic mass is 10.1. The van der Waals surface area contributed by atoms with Gasteiger partial charge in [0.05, 0.1) is 6.20 Å². The monoisotopic (exact) mass is 217 g/mol. The van der Waals surface area contributed by atoms with Crippen molar-refractivity contribution in [3.63, 3.8) is 0 Å². The predicted molar refractivity (Wildman–Crippen MR) is 58.0 cm³/mol. The average Bonchev–Trinajstić information content (AvgIpc) is 2.65. The fourth-order valence-corrected chi connectivity index (χ4v) is 1.45. The van der Waals surface area contributed by atoms with Crippen LogP contribution in [-0.2, 0) is 11.2 Å². The van der Waals surface area contributed by atoms with Crippen LogP contribution in [0.2, 0.25) is 0 Å². The molecule has 1 aromatic carbocycles. The largest absolute Gasteiger partial charge is 0.481 e. The Morgan fingerprint density at radius 1 is 1.50 bits per heavy atom. The number of rotatable bonds is 3. The molecule has 0 spiro atoms. The fourth-order valence-electron chi connectivity index (χ4n) is 1.45. The molecule has 82 valence electrons. The summed E-state index contributed by atoms with van der Waals surface area (Å²) in [5, 5.41) is 8.60. The van der Waals surface area contributed by atoms with E-state index in [0.717, 1.165) is 11.1 Å². The second-order valence-electron chi connectivity index (χ2n) is 3.57. The Kier molecular flexibility index (Phi) is 2.72. The molecule has 4 nitrogen and oxygen atoms in total. The number of carbonyl (C=O) groups is 1. The third-order valence-corrected chi connectivity index (χ3v) is 2.14. The van der Waals surface area contributed by atoms with E-state index >= 15 is 0 Å². The lowest BCUT2D eigenvalue weighted by Crippen LogP contribution is -1.97. The average molecular weight is 217 g/mol. The Morgan fingerprint density at radius 3 is 3.00 bits per heavy atom. The first-order chi connectivity index (χ1) is 7.65. The molecule has 0 aliphatic heterocycles. The molecule has 0 aliphatic carbocycles. The summed E-state index contributed by atoms with van der Waals surface area (Å²) >= 11 is 0. The molecule has 0 atom stereocenters. The van der Waals surface area contributed by atoms with E-state index in [0.29, 0.717) is 11.7 Å². The number of aromatic nitrogens is 1. The van der Waals surface area contributed by atoms with Gasteiger partial charge in [-0.3, -0.25) is 4.79 Å². The number of hydrogen-bond donors (Lipinski definition) is 1. The number of aliphatic carboxylic acids is 1. The molecule has 1 heterocycles. The van der Waals surface area contributed by atoms with E-state index in [1.165, 1.54) is 6.20 Å². The van der Waals surface area contributed by atoms with Crippen LogP contribution in [0.5, 0.6) is 0 Å². The molecule has 0 aliphatic rings. The van der Waals surface area contributed by atoms with Crippen molar-refractivity contribution in [1.82, 2.24) is 4.98 Å². The van der Waals surface area contributed by atoms with Crippen molar-refractivity contribution in [2.24, 2.45) is 0 Å². The standard InChI is InChI=1S/C12H11NO3/c1-8-3-2-4-9(5-8)12-13-7-10(16-12)6-11(14)15/h2-5,7H,6H2,1H3,(H,14,15). The van der Waals surface area contributed by atoms with Gasteiger partial charge in [0.2, 0.25) is 5.89 Å². The summed E-state index contributed by atoms with van der Waals surface area (Å²) in [5.74, 6) is -0.101. The zero-order valence-electron chi connectivity index (χ0n) is 8.80. The number of carboxylic acids is 1. The molecule has 1 N–H and O–H groups in total. The zero-order chi connectivity index (χ0) is 11.5. The first-order valence-electron chi connectivity index (χ1n) is 4.88. The van der Waals surface area contributed by atoms with Crippen molar-refractivity contribution >= 4 is 5.97 Å². The molecule has 4 heteroatoms. The van der Waals surface area contributed by atoms with Crippen molar-refractivity contribution in [2.75, 3.05) is 0 Å². The van der Waals surface area contributed by atoms with Gasteiger partial charge in [0.1, 0.15) is 12.2 Å².